The lowest BCUT2D eigenvalue weighted by atomic mass is 9.78. The minimum absolute atomic E-state index is 0.134. The molecule has 1 aromatic heterocycles. The lowest BCUT2D eigenvalue weighted by Gasteiger charge is -2.27. The third kappa shape index (κ3) is 4.45. The molecule has 1 heterocycles. The van der Waals surface area contributed by atoms with Crippen LogP contribution < -0.4 is 5.32 Å². The molecule has 1 saturated carbocycles. The van der Waals surface area contributed by atoms with E-state index in [0.29, 0.717) is 25.8 Å². The largest absolute Gasteiger partial charge is 0.481 e. The molecule has 0 radical (unpaired) electrons. The van der Waals surface area contributed by atoms with Crippen LogP contribution in [-0.2, 0) is 16.0 Å². The zero-order valence-electron chi connectivity index (χ0n) is 14.0. The number of nitrogens with one attached hydrogen (secondary N) is 1. The number of benzene rings is 1. The van der Waals surface area contributed by atoms with Gasteiger partial charge in [-0.05, 0) is 12.8 Å². The van der Waals surface area contributed by atoms with Gasteiger partial charge in [0.1, 0.15) is 5.01 Å². The SMILES string of the molecule is O=C(O)[C@@H]1CCCC[C@H]1C(=O)NCCc1csc(-c2ccccc2)n1. The summed E-state index contributed by atoms with van der Waals surface area (Å²) in [5.41, 5.74) is 2.04. The molecule has 1 aromatic carbocycles. The average molecular weight is 358 g/mol. The maximum atomic E-state index is 12.3. The fourth-order valence-electron chi connectivity index (χ4n) is 3.32. The first-order chi connectivity index (χ1) is 12.1. The van der Waals surface area contributed by atoms with Gasteiger partial charge in [-0.1, -0.05) is 43.2 Å². The molecule has 1 amide bonds. The van der Waals surface area contributed by atoms with Gasteiger partial charge in [0.05, 0.1) is 17.5 Å². The zero-order chi connectivity index (χ0) is 17.6. The van der Waals surface area contributed by atoms with Crippen LogP contribution in [0.25, 0.3) is 10.6 Å². The van der Waals surface area contributed by atoms with Gasteiger partial charge in [0.25, 0.3) is 0 Å². The van der Waals surface area contributed by atoms with Crippen molar-refractivity contribution in [1.29, 1.82) is 0 Å². The third-order valence-electron chi connectivity index (χ3n) is 4.67. The van der Waals surface area contributed by atoms with Gasteiger partial charge >= 0.3 is 5.97 Å². The number of carboxylic acids is 1. The van der Waals surface area contributed by atoms with Crippen LogP contribution in [0.1, 0.15) is 31.4 Å². The zero-order valence-corrected chi connectivity index (χ0v) is 14.8. The molecule has 5 nitrogen and oxygen atoms in total. The molecule has 2 aromatic rings. The Morgan fingerprint density at radius 1 is 1.16 bits per heavy atom. The first-order valence-corrected chi connectivity index (χ1v) is 9.53. The second-order valence-electron chi connectivity index (χ2n) is 6.39. The lowest BCUT2D eigenvalue weighted by molar-refractivity contribution is -0.148. The van der Waals surface area contributed by atoms with Crippen LogP contribution in [0.2, 0.25) is 0 Å². The number of aliphatic carboxylic acids is 1. The van der Waals surface area contributed by atoms with E-state index in [1.165, 1.54) is 0 Å². The first kappa shape index (κ1) is 17.6. The smallest absolute Gasteiger partial charge is 0.307 e. The van der Waals surface area contributed by atoms with E-state index < -0.39 is 17.8 Å². The van der Waals surface area contributed by atoms with Gasteiger partial charge in [-0.3, -0.25) is 9.59 Å². The number of amides is 1. The Balaban J connectivity index is 1.52. The fraction of sp³-hybridized carbons (Fsp3) is 0.421. The van der Waals surface area contributed by atoms with Crippen molar-refractivity contribution in [3.63, 3.8) is 0 Å². The Hall–Kier alpha value is -2.21. The molecule has 6 heteroatoms. The number of rotatable bonds is 6. The number of carboxylic acid groups (broad SMARTS) is 1. The molecule has 25 heavy (non-hydrogen) atoms. The number of nitrogens with zero attached hydrogens (tertiary/aromatic N) is 1. The summed E-state index contributed by atoms with van der Waals surface area (Å²) in [5.74, 6) is -1.93. The van der Waals surface area contributed by atoms with Gasteiger partial charge in [-0.2, -0.15) is 0 Å². The first-order valence-electron chi connectivity index (χ1n) is 8.65. The van der Waals surface area contributed by atoms with Crippen LogP contribution in [-0.4, -0.2) is 28.5 Å². The van der Waals surface area contributed by atoms with E-state index >= 15 is 0 Å². The van der Waals surface area contributed by atoms with Crippen molar-refractivity contribution in [3.05, 3.63) is 41.4 Å². The van der Waals surface area contributed by atoms with Crippen molar-refractivity contribution in [2.24, 2.45) is 11.8 Å². The standard InChI is InChI=1S/C19H22N2O3S/c22-17(15-8-4-5-9-16(15)19(23)24)20-11-10-14-12-25-18(21-14)13-6-2-1-3-7-13/h1-3,6-7,12,15-16H,4-5,8-11H2,(H,20,22)(H,23,24)/t15-,16-/m1/s1. The van der Waals surface area contributed by atoms with Crippen LogP contribution in [0.5, 0.6) is 0 Å². The molecule has 3 rings (SSSR count). The summed E-state index contributed by atoms with van der Waals surface area (Å²) in [6, 6.07) is 10.0. The molecule has 1 aliphatic carbocycles. The van der Waals surface area contributed by atoms with E-state index in [0.717, 1.165) is 29.1 Å². The van der Waals surface area contributed by atoms with Crippen LogP contribution in [0.15, 0.2) is 35.7 Å². The maximum absolute atomic E-state index is 12.3. The van der Waals surface area contributed by atoms with E-state index in [4.69, 9.17) is 0 Å². The van der Waals surface area contributed by atoms with Crippen LogP contribution in [0.3, 0.4) is 0 Å². The highest BCUT2D eigenvalue weighted by atomic mass is 32.1. The summed E-state index contributed by atoms with van der Waals surface area (Å²) in [7, 11) is 0. The minimum atomic E-state index is -0.855. The van der Waals surface area contributed by atoms with E-state index in [9.17, 15) is 14.7 Å². The Bertz CT molecular complexity index is 729. The predicted molar refractivity (Wildman–Crippen MR) is 97.3 cm³/mol. The second-order valence-corrected chi connectivity index (χ2v) is 7.24. The lowest BCUT2D eigenvalue weighted by Crippen LogP contribution is -2.40. The number of hydrogen-bond donors (Lipinski definition) is 2. The summed E-state index contributed by atoms with van der Waals surface area (Å²) in [5, 5.41) is 15.2. The predicted octanol–water partition coefficient (Wildman–Crippen LogP) is 3.36. The molecule has 0 unspecified atom stereocenters. The van der Waals surface area contributed by atoms with Gasteiger partial charge in [0, 0.05) is 23.9 Å². The molecule has 0 bridgehead atoms. The summed E-state index contributed by atoms with van der Waals surface area (Å²) in [6.45, 7) is 0.486. The average Bonchev–Trinajstić information content (AvgIpc) is 3.11. The van der Waals surface area contributed by atoms with E-state index in [1.54, 1.807) is 11.3 Å². The number of carbonyl (C=O) groups excluding carboxylic acids is 1. The number of hydrogen-bond acceptors (Lipinski definition) is 4. The molecule has 1 fully saturated rings. The summed E-state index contributed by atoms with van der Waals surface area (Å²) < 4.78 is 0. The Kier molecular flexibility index (Phi) is 5.81. The van der Waals surface area contributed by atoms with Crippen molar-refractivity contribution < 1.29 is 14.7 Å². The molecule has 132 valence electrons. The summed E-state index contributed by atoms with van der Waals surface area (Å²) in [4.78, 5) is 28.3. The van der Waals surface area contributed by atoms with Crippen molar-refractivity contribution in [1.82, 2.24) is 10.3 Å². The highest BCUT2D eigenvalue weighted by molar-refractivity contribution is 7.13. The third-order valence-corrected chi connectivity index (χ3v) is 5.61. The van der Waals surface area contributed by atoms with Crippen molar-refractivity contribution >= 4 is 23.2 Å². The minimum Gasteiger partial charge on any atom is -0.481 e. The van der Waals surface area contributed by atoms with Crippen molar-refractivity contribution in [2.45, 2.75) is 32.1 Å². The van der Waals surface area contributed by atoms with Crippen LogP contribution >= 0.6 is 11.3 Å². The topological polar surface area (TPSA) is 79.3 Å². The van der Waals surface area contributed by atoms with Gasteiger partial charge in [0.2, 0.25) is 5.91 Å². The molecular formula is C19H22N2O3S. The fourth-order valence-corrected chi connectivity index (χ4v) is 4.18. The van der Waals surface area contributed by atoms with E-state index in [1.807, 2.05) is 35.7 Å². The number of thiazole rings is 1. The van der Waals surface area contributed by atoms with Gasteiger partial charge in [0.15, 0.2) is 0 Å². The Morgan fingerprint density at radius 3 is 2.60 bits per heavy atom. The van der Waals surface area contributed by atoms with Gasteiger partial charge < -0.3 is 10.4 Å². The number of aromatic nitrogens is 1. The highest BCUT2D eigenvalue weighted by Gasteiger charge is 2.35. The monoisotopic (exact) mass is 358 g/mol. The molecular weight excluding hydrogens is 336 g/mol. The maximum Gasteiger partial charge on any atom is 0.307 e. The molecule has 2 atom stereocenters. The second kappa shape index (κ2) is 8.25. The van der Waals surface area contributed by atoms with Crippen molar-refractivity contribution in [2.75, 3.05) is 6.54 Å². The molecule has 0 spiro atoms. The quantitative estimate of drug-likeness (QED) is 0.830. The molecule has 1 aliphatic rings. The van der Waals surface area contributed by atoms with Crippen LogP contribution in [0, 0.1) is 11.8 Å². The van der Waals surface area contributed by atoms with Gasteiger partial charge in [-0.25, -0.2) is 4.98 Å². The molecule has 0 saturated heterocycles. The molecule has 2 N–H and O–H groups in total. The Labute approximate surface area is 151 Å². The highest BCUT2D eigenvalue weighted by Crippen LogP contribution is 2.30. The number of carbonyl (C=O) groups is 2. The van der Waals surface area contributed by atoms with E-state index in [2.05, 4.69) is 10.3 Å². The van der Waals surface area contributed by atoms with Crippen molar-refractivity contribution in [3.8, 4) is 10.6 Å². The normalized spacial score (nSPS) is 20.2. The van der Waals surface area contributed by atoms with E-state index in [-0.39, 0.29) is 5.91 Å². The Morgan fingerprint density at radius 2 is 1.88 bits per heavy atom. The van der Waals surface area contributed by atoms with Gasteiger partial charge in [-0.15, -0.1) is 11.3 Å². The summed E-state index contributed by atoms with van der Waals surface area (Å²) >= 11 is 1.59. The van der Waals surface area contributed by atoms with Crippen LogP contribution in [0.4, 0.5) is 0 Å². The molecule has 0 aliphatic heterocycles. The summed E-state index contributed by atoms with van der Waals surface area (Å²) in [6.07, 6.45) is 3.73.